The minimum atomic E-state index is -4.41. The van der Waals surface area contributed by atoms with Crippen molar-refractivity contribution in [2.24, 2.45) is 0 Å². The summed E-state index contributed by atoms with van der Waals surface area (Å²) in [5, 5.41) is 5.62. The molecular formula is C19H21F3N2O3. The molecule has 0 aliphatic rings. The highest BCUT2D eigenvalue weighted by Gasteiger charge is 2.30. The Hall–Kier alpha value is -2.74. The predicted molar refractivity (Wildman–Crippen MR) is 97.0 cm³/mol. The molecule has 0 spiro atoms. The van der Waals surface area contributed by atoms with E-state index in [1.807, 2.05) is 0 Å². The van der Waals surface area contributed by atoms with Gasteiger partial charge in [0.05, 0.1) is 17.9 Å². The molecule has 0 saturated heterocycles. The maximum Gasteiger partial charge on any atom is 0.416 e. The summed E-state index contributed by atoms with van der Waals surface area (Å²) in [6, 6.07) is 10.8. The van der Waals surface area contributed by atoms with Gasteiger partial charge in [-0.25, -0.2) is 0 Å². The molecule has 2 N–H and O–H groups in total. The number of carbonyl (C=O) groups excluding carboxylic acids is 1. The molecule has 2 aromatic carbocycles. The molecule has 0 aliphatic heterocycles. The van der Waals surface area contributed by atoms with Gasteiger partial charge in [0, 0.05) is 12.8 Å². The molecule has 1 unspecified atom stereocenters. The summed E-state index contributed by atoms with van der Waals surface area (Å²) in [6.07, 6.45) is -4.41. The van der Waals surface area contributed by atoms with E-state index >= 15 is 0 Å². The molecule has 0 saturated carbocycles. The van der Waals surface area contributed by atoms with Gasteiger partial charge in [-0.15, -0.1) is 0 Å². The summed E-state index contributed by atoms with van der Waals surface area (Å²) in [5.74, 6) is 0.185. The highest BCUT2D eigenvalue weighted by Crippen LogP contribution is 2.30. The van der Waals surface area contributed by atoms with Gasteiger partial charge in [-0.05, 0) is 43.3 Å². The Morgan fingerprint density at radius 3 is 2.37 bits per heavy atom. The summed E-state index contributed by atoms with van der Waals surface area (Å²) in [6.45, 7) is 2.44. The monoisotopic (exact) mass is 382 g/mol. The second kappa shape index (κ2) is 9.27. The number of anilines is 2. The van der Waals surface area contributed by atoms with Crippen LogP contribution in [0.5, 0.6) is 5.75 Å². The van der Waals surface area contributed by atoms with Crippen LogP contribution in [0.2, 0.25) is 0 Å². The second-order valence-electron chi connectivity index (χ2n) is 5.77. The van der Waals surface area contributed by atoms with Crippen LogP contribution in [0, 0.1) is 0 Å². The van der Waals surface area contributed by atoms with Crippen molar-refractivity contribution in [1.29, 1.82) is 0 Å². The van der Waals surface area contributed by atoms with Crippen molar-refractivity contribution >= 4 is 17.3 Å². The van der Waals surface area contributed by atoms with Crippen LogP contribution in [-0.4, -0.2) is 32.3 Å². The van der Waals surface area contributed by atoms with Crippen molar-refractivity contribution in [2.75, 3.05) is 31.0 Å². The van der Waals surface area contributed by atoms with E-state index < -0.39 is 17.8 Å². The first-order valence-electron chi connectivity index (χ1n) is 8.26. The first-order chi connectivity index (χ1) is 12.8. The lowest BCUT2D eigenvalue weighted by Gasteiger charge is -2.18. The zero-order chi connectivity index (χ0) is 19.9. The molecule has 0 bridgehead atoms. The van der Waals surface area contributed by atoms with Gasteiger partial charge in [0.15, 0.2) is 0 Å². The Labute approximate surface area is 155 Å². The molecular weight excluding hydrogens is 361 g/mol. The molecule has 0 aliphatic carbocycles. The average Bonchev–Trinajstić information content (AvgIpc) is 2.63. The van der Waals surface area contributed by atoms with Gasteiger partial charge in [-0.2, -0.15) is 13.2 Å². The van der Waals surface area contributed by atoms with E-state index in [0.717, 1.165) is 12.1 Å². The first kappa shape index (κ1) is 20.6. The van der Waals surface area contributed by atoms with Crippen LogP contribution in [0.4, 0.5) is 24.5 Å². The number of amides is 1. The number of carbonyl (C=O) groups is 1. The molecule has 1 atom stereocenters. The Kier molecular flexibility index (Phi) is 7.06. The van der Waals surface area contributed by atoms with E-state index in [9.17, 15) is 18.0 Å². The molecule has 5 nitrogen and oxygen atoms in total. The smallest absolute Gasteiger partial charge is 0.416 e. The molecule has 27 heavy (non-hydrogen) atoms. The molecule has 0 radical (unpaired) electrons. The molecule has 2 rings (SSSR count). The number of methoxy groups -OCH3 is 1. The number of halogens is 3. The summed E-state index contributed by atoms with van der Waals surface area (Å²) in [4.78, 5) is 12.3. The molecule has 146 valence electrons. The third kappa shape index (κ3) is 6.18. The van der Waals surface area contributed by atoms with E-state index in [4.69, 9.17) is 9.47 Å². The SMILES string of the molecule is COCCOc1ccccc1NC(C)C(=O)Nc1ccc(C(F)(F)F)cc1. The highest BCUT2D eigenvalue weighted by molar-refractivity contribution is 5.96. The van der Waals surface area contributed by atoms with Crippen molar-refractivity contribution in [2.45, 2.75) is 19.1 Å². The largest absolute Gasteiger partial charge is 0.489 e. The fourth-order valence-corrected chi connectivity index (χ4v) is 2.24. The van der Waals surface area contributed by atoms with Crippen LogP contribution in [0.15, 0.2) is 48.5 Å². The van der Waals surface area contributed by atoms with Crippen LogP contribution in [0.25, 0.3) is 0 Å². The Balaban J connectivity index is 1.98. The van der Waals surface area contributed by atoms with E-state index in [-0.39, 0.29) is 11.6 Å². The number of hydrogen-bond acceptors (Lipinski definition) is 4. The molecule has 0 heterocycles. The lowest BCUT2D eigenvalue weighted by Crippen LogP contribution is -2.32. The minimum absolute atomic E-state index is 0.284. The second-order valence-corrected chi connectivity index (χ2v) is 5.77. The summed E-state index contributed by atoms with van der Waals surface area (Å²) < 4.78 is 48.3. The first-order valence-corrected chi connectivity index (χ1v) is 8.26. The van der Waals surface area contributed by atoms with E-state index in [1.165, 1.54) is 12.1 Å². The van der Waals surface area contributed by atoms with Crippen molar-refractivity contribution in [1.82, 2.24) is 0 Å². The van der Waals surface area contributed by atoms with Gasteiger partial charge < -0.3 is 20.1 Å². The maximum atomic E-state index is 12.6. The van der Waals surface area contributed by atoms with Gasteiger partial charge in [-0.3, -0.25) is 4.79 Å². The molecule has 1 amide bonds. The molecule has 0 fully saturated rings. The lowest BCUT2D eigenvalue weighted by molar-refractivity contribution is -0.137. The zero-order valence-electron chi connectivity index (χ0n) is 15.0. The third-order valence-electron chi connectivity index (χ3n) is 3.68. The van der Waals surface area contributed by atoms with Crippen molar-refractivity contribution in [3.8, 4) is 5.75 Å². The summed E-state index contributed by atoms with van der Waals surface area (Å²) >= 11 is 0. The Bertz CT molecular complexity index is 749. The standard InChI is InChI=1S/C19H21F3N2O3/c1-13(23-16-5-3-4-6-17(16)27-12-11-26-2)18(25)24-15-9-7-14(8-10-15)19(20,21)22/h3-10,13,23H,11-12H2,1-2H3,(H,24,25). The number of hydrogen-bond donors (Lipinski definition) is 2. The number of nitrogens with one attached hydrogen (secondary N) is 2. The molecule has 2 aromatic rings. The van der Waals surface area contributed by atoms with Crippen LogP contribution < -0.4 is 15.4 Å². The highest BCUT2D eigenvalue weighted by atomic mass is 19.4. The van der Waals surface area contributed by atoms with Crippen LogP contribution in [0.1, 0.15) is 12.5 Å². The van der Waals surface area contributed by atoms with Gasteiger partial charge in [-0.1, -0.05) is 12.1 Å². The van der Waals surface area contributed by atoms with Crippen molar-refractivity contribution in [3.05, 3.63) is 54.1 Å². The normalized spacial score (nSPS) is 12.3. The summed E-state index contributed by atoms with van der Waals surface area (Å²) in [7, 11) is 1.57. The number of benzene rings is 2. The zero-order valence-corrected chi connectivity index (χ0v) is 15.0. The van der Waals surface area contributed by atoms with E-state index in [1.54, 1.807) is 38.3 Å². The van der Waals surface area contributed by atoms with Crippen LogP contribution >= 0.6 is 0 Å². The third-order valence-corrected chi connectivity index (χ3v) is 3.68. The molecule has 8 heteroatoms. The van der Waals surface area contributed by atoms with Gasteiger partial charge in [0.2, 0.25) is 5.91 Å². The van der Waals surface area contributed by atoms with Crippen LogP contribution in [-0.2, 0) is 15.7 Å². The van der Waals surface area contributed by atoms with Crippen LogP contribution in [0.3, 0.4) is 0 Å². The predicted octanol–water partition coefficient (Wildman–Crippen LogP) is 4.17. The minimum Gasteiger partial charge on any atom is -0.489 e. The van der Waals surface area contributed by atoms with Crippen molar-refractivity contribution < 1.29 is 27.4 Å². The quantitative estimate of drug-likeness (QED) is 0.673. The fourth-order valence-electron chi connectivity index (χ4n) is 2.24. The number of ether oxygens (including phenoxy) is 2. The topological polar surface area (TPSA) is 59.6 Å². The fraction of sp³-hybridized carbons (Fsp3) is 0.316. The van der Waals surface area contributed by atoms with Gasteiger partial charge in [0.25, 0.3) is 0 Å². The number of para-hydroxylation sites is 2. The average molecular weight is 382 g/mol. The van der Waals surface area contributed by atoms with Gasteiger partial charge >= 0.3 is 6.18 Å². The van der Waals surface area contributed by atoms with E-state index in [0.29, 0.717) is 24.7 Å². The Morgan fingerprint density at radius 1 is 1.07 bits per heavy atom. The lowest BCUT2D eigenvalue weighted by atomic mass is 10.2. The summed E-state index contributed by atoms with van der Waals surface area (Å²) in [5.41, 5.74) is 0.142. The number of alkyl halides is 3. The Morgan fingerprint density at radius 2 is 1.74 bits per heavy atom. The van der Waals surface area contributed by atoms with Gasteiger partial charge in [0.1, 0.15) is 18.4 Å². The number of rotatable bonds is 8. The van der Waals surface area contributed by atoms with Crippen molar-refractivity contribution in [3.63, 3.8) is 0 Å². The molecule has 0 aromatic heterocycles. The van der Waals surface area contributed by atoms with E-state index in [2.05, 4.69) is 10.6 Å². The maximum absolute atomic E-state index is 12.6.